The van der Waals surface area contributed by atoms with Gasteiger partial charge in [-0.1, -0.05) is 6.92 Å². The number of hydrogen-bond acceptors (Lipinski definition) is 3. The van der Waals surface area contributed by atoms with Gasteiger partial charge in [0.05, 0.1) is 0 Å². The molecule has 15 heavy (non-hydrogen) atoms. The van der Waals surface area contributed by atoms with Crippen LogP contribution in [0, 0.1) is 0 Å². The van der Waals surface area contributed by atoms with Gasteiger partial charge < -0.3 is 10.6 Å². The molecule has 1 aromatic rings. The van der Waals surface area contributed by atoms with Crippen molar-refractivity contribution < 1.29 is 0 Å². The smallest absolute Gasteiger partial charge is 0.0270 e. The van der Waals surface area contributed by atoms with Crippen molar-refractivity contribution in [2.45, 2.75) is 25.8 Å². The molecular weight excluding hydrogens is 186 g/mol. The minimum Gasteiger partial charge on any atom is -0.327 e. The second-order valence-electron chi connectivity index (χ2n) is 4.04. The van der Waals surface area contributed by atoms with E-state index in [1.165, 1.54) is 5.56 Å². The molecule has 0 spiro atoms. The minimum atomic E-state index is 0.299. The first-order chi connectivity index (χ1) is 7.22. The summed E-state index contributed by atoms with van der Waals surface area (Å²) in [5.41, 5.74) is 7.23. The van der Waals surface area contributed by atoms with Crippen molar-refractivity contribution in [2.24, 2.45) is 5.73 Å². The van der Waals surface area contributed by atoms with Crippen molar-refractivity contribution in [3.05, 3.63) is 30.1 Å². The van der Waals surface area contributed by atoms with Gasteiger partial charge in [-0.25, -0.2) is 0 Å². The normalized spacial score (nSPS) is 13.1. The van der Waals surface area contributed by atoms with Crippen LogP contribution in [-0.2, 0) is 6.42 Å². The Hall–Kier alpha value is -0.930. The molecule has 0 aliphatic rings. The van der Waals surface area contributed by atoms with E-state index in [4.69, 9.17) is 5.73 Å². The van der Waals surface area contributed by atoms with E-state index in [-0.39, 0.29) is 0 Å². The predicted octanol–water partition coefficient (Wildman–Crippen LogP) is 1.29. The van der Waals surface area contributed by atoms with Crippen LogP contribution in [0.5, 0.6) is 0 Å². The molecule has 0 unspecified atom stereocenters. The summed E-state index contributed by atoms with van der Waals surface area (Å²) in [4.78, 5) is 6.29. The highest BCUT2D eigenvalue weighted by atomic mass is 15.1. The Balaban J connectivity index is 2.25. The summed E-state index contributed by atoms with van der Waals surface area (Å²) in [6.07, 6.45) is 5.79. The van der Waals surface area contributed by atoms with E-state index < -0.39 is 0 Å². The van der Waals surface area contributed by atoms with Crippen molar-refractivity contribution in [3.8, 4) is 0 Å². The first-order valence-electron chi connectivity index (χ1n) is 5.55. The van der Waals surface area contributed by atoms with Crippen LogP contribution in [0.3, 0.4) is 0 Å². The Labute approximate surface area is 92.3 Å². The fraction of sp³-hybridized carbons (Fsp3) is 0.583. The largest absolute Gasteiger partial charge is 0.327 e. The molecule has 0 amide bonds. The fourth-order valence-corrected chi connectivity index (χ4v) is 1.49. The molecule has 3 nitrogen and oxygen atoms in total. The maximum absolute atomic E-state index is 5.89. The lowest BCUT2D eigenvalue weighted by atomic mass is 10.2. The van der Waals surface area contributed by atoms with Crippen LogP contribution in [0.4, 0.5) is 0 Å². The molecule has 0 aromatic carbocycles. The van der Waals surface area contributed by atoms with Gasteiger partial charge in [0.25, 0.3) is 0 Å². The maximum Gasteiger partial charge on any atom is 0.0270 e. The number of pyridine rings is 1. The molecule has 0 bridgehead atoms. The first-order valence-corrected chi connectivity index (χ1v) is 5.55. The monoisotopic (exact) mass is 207 g/mol. The number of nitrogens with zero attached hydrogens (tertiary/aromatic N) is 2. The van der Waals surface area contributed by atoms with Crippen LogP contribution in [0.1, 0.15) is 18.9 Å². The Kier molecular flexibility index (Phi) is 5.29. The Morgan fingerprint density at radius 1 is 1.40 bits per heavy atom. The third kappa shape index (κ3) is 4.91. The average Bonchev–Trinajstić information content (AvgIpc) is 2.27. The lowest BCUT2D eigenvalue weighted by Gasteiger charge is -2.20. The zero-order valence-electron chi connectivity index (χ0n) is 9.69. The molecule has 0 radical (unpaired) electrons. The highest BCUT2D eigenvalue weighted by Gasteiger charge is 2.04. The van der Waals surface area contributed by atoms with Gasteiger partial charge in [-0.3, -0.25) is 4.98 Å². The van der Waals surface area contributed by atoms with E-state index in [1.54, 1.807) is 0 Å². The number of aromatic nitrogens is 1. The molecule has 1 aromatic heterocycles. The summed E-state index contributed by atoms with van der Waals surface area (Å²) in [7, 11) is 2.12. The molecule has 0 saturated heterocycles. The van der Waals surface area contributed by atoms with Crippen molar-refractivity contribution >= 4 is 0 Å². The SMILES string of the molecule is CC[C@H](N)CN(C)CCc1ccncc1. The van der Waals surface area contributed by atoms with Crippen LogP contribution in [0.15, 0.2) is 24.5 Å². The third-order valence-electron chi connectivity index (χ3n) is 2.60. The zero-order valence-corrected chi connectivity index (χ0v) is 9.69. The van der Waals surface area contributed by atoms with Crippen molar-refractivity contribution in [3.63, 3.8) is 0 Å². The quantitative estimate of drug-likeness (QED) is 0.764. The summed E-state index contributed by atoms with van der Waals surface area (Å²) >= 11 is 0. The van der Waals surface area contributed by atoms with E-state index in [0.717, 1.165) is 25.9 Å². The van der Waals surface area contributed by atoms with E-state index in [1.807, 2.05) is 12.4 Å². The first kappa shape index (κ1) is 12.1. The Bertz CT molecular complexity index is 261. The summed E-state index contributed by atoms with van der Waals surface area (Å²) in [5, 5.41) is 0. The second-order valence-corrected chi connectivity index (χ2v) is 4.04. The lowest BCUT2D eigenvalue weighted by Crippen LogP contribution is -2.35. The lowest BCUT2D eigenvalue weighted by molar-refractivity contribution is 0.311. The van der Waals surface area contributed by atoms with Crippen molar-refractivity contribution in [2.75, 3.05) is 20.1 Å². The molecule has 1 atom stereocenters. The van der Waals surface area contributed by atoms with Crippen LogP contribution in [-0.4, -0.2) is 36.1 Å². The van der Waals surface area contributed by atoms with Crippen LogP contribution in [0.2, 0.25) is 0 Å². The standard InChI is InChI=1S/C12H21N3/c1-3-12(13)10-15(2)9-6-11-4-7-14-8-5-11/h4-5,7-8,12H,3,6,9-10,13H2,1-2H3/t12-/m0/s1. The van der Waals surface area contributed by atoms with Crippen molar-refractivity contribution in [1.82, 2.24) is 9.88 Å². The average molecular weight is 207 g/mol. The molecule has 0 aliphatic heterocycles. The number of nitrogens with two attached hydrogens (primary N) is 1. The van der Waals surface area contributed by atoms with E-state index >= 15 is 0 Å². The van der Waals surface area contributed by atoms with E-state index in [2.05, 4.69) is 36.0 Å². The predicted molar refractivity (Wildman–Crippen MR) is 63.7 cm³/mol. The van der Waals surface area contributed by atoms with Crippen LogP contribution >= 0.6 is 0 Å². The van der Waals surface area contributed by atoms with E-state index in [9.17, 15) is 0 Å². The van der Waals surface area contributed by atoms with Gasteiger partial charge >= 0.3 is 0 Å². The zero-order chi connectivity index (χ0) is 11.1. The fourth-order valence-electron chi connectivity index (χ4n) is 1.49. The minimum absolute atomic E-state index is 0.299. The number of hydrogen-bond donors (Lipinski definition) is 1. The summed E-state index contributed by atoms with van der Waals surface area (Å²) in [5.74, 6) is 0. The van der Waals surface area contributed by atoms with Crippen molar-refractivity contribution in [1.29, 1.82) is 0 Å². The van der Waals surface area contributed by atoms with Gasteiger partial charge in [-0.05, 0) is 37.6 Å². The maximum atomic E-state index is 5.89. The summed E-state index contributed by atoms with van der Waals surface area (Å²) in [6, 6.07) is 4.42. The Morgan fingerprint density at radius 2 is 2.07 bits per heavy atom. The molecule has 3 heteroatoms. The number of likely N-dealkylation sites (N-methyl/N-ethyl adjacent to an activating group) is 1. The van der Waals surface area contributed by atoms with Gasteiger partial charge in [0.2, 0.25) is 0 Å². The van der Waals surface area contributed by atoms with Gasteiger partial charge in [0, 0.05) is 31.5 Å². The molecule has 1 heterocycles. The van der Waals surface area contributed by atoms with Gasteiger partial charge in [-0.2, -0.15) is 0 Å². The molecule has 1 rings (SSSR count). The van der Waals surface area contributed by atoms with Gasteiger partial charge in [0.1, 0.15) is 0 Å². The number of rotatable bonds is 6. The molecule has 0 saturated carbocycles. The highest BCUT2D eigenvalue weighted by molar-refractivity contribution is 5.09. The highest BCUT2D eigenvalue weighted by Crippen LogP contribution is 1.99. The summed E-state index contributed by atoms with van der Waals surface area (Å²) < 4.78 is 0. The summed E-state index contributed by atoms with van der Waals surface area (Å²) in [6.45, 7) is 4.15. The van der Waals surface area contributed by atoms with Gasteiger partial charge in [-0.15, -0.1) is 0 Å². The molecule has 2 N–H and O–H groups in total. The third-order valence-corrected chi connectivity index (χ3v) is 2.60. The van der Waals surface area contributed by atoms with Gasteiger partial charge in [0.15, 0.2) is 0 Å². The van der Waals surface area contributed by atoms with Crippen LogP contribution < -0.4 is 5.73 Å². The molecule has 0 aliphatic carbocycles. The second kappa shape index (κ2) is 6.53. The topological polar surface area (TPSA) is 42.1 Å². The molecule has 0 fully saturated rings. The molecule has 84 valence electrons. The molecular formula is C12H21N3. The van der Waals surface area contributed by atoms with E-state index in [0.29, 0.717) is 6.04 Å². The Morgan fingerprint density at radius 3 is 2.67 bits per heavy atom. The van der Waals surface area contributed by atoms with Crippen LogP contribution in [0.25, 0.3) is 0 Å².